The van der Waals surface area contributed by atoms with Crippen LogP contribution in [-0.2, 0) is 0 Å². The van der Waals surface area contributed by atoms with Gasteiger partial charge in [0, 0.05) is 0 Å². The van der Waals surface area contributed by atoms with Crippen LogP contribution in [0.25, 0.3) is 10.8 Å². The summed E-state index contributed by atoms with van der Waals surface area (Å²) in [6.07, 6.45) is 0. The largest absolute Gasteiger partial charge is 0.320 e. The average Bonchev–Trinajstić information content (AvgIpc) is 2.76. The minimum atomic E-state index is -0.122. The van der Waals surface area contributed by atoms with E-state index in [-0.39, 0.29) is 6.04 Å². The molecule has 0 saturated carbocycles. The molecule has 0 aliphatic heterocycles. The average molecular weight is 397 g/mol. The van der Waals surface area contributed by atoms with Crippen LogP contribution in [0.4, 0.5) is 0 Å². The van der Waals surface area contributed by atoms with Crippen molar-refractivity contribution in [2.24, 2.45) is 5.73 Å². The van der Waals surface area contributed by atoms with E-state index in [1.165, 1.54) is 10.8 Å². The first-order chi connectivity index (χ1) is 9.16. The van der Waals surface area contributed by atoms with Crippen molar-refractivity contribution in [3.63, 3.8) is 0 Å². The SMILES string of the molecule is NC(c1cc(Br)sc1Br)c1cccc2ccccc12. The molecule has 0 saturated heterocycles. The second-order valence-corrected chi connectivity index (χ2v) is 8.07. The van der Waals surface area contributed by atoms with Gasteiger partial charge in [-0.2, -0.15) is 0 Å². The predicted octanol–water partition coefficient (Wildman–Crippen LogP) is 5.47. The maximum absolute atomic E-state index is 6.45. The molecular formula is C15H11Br2NS. The fourth-order valence-electron chi connectivity index (χ4n) is 2.25. The van der Waals surface area contributed by atoms with Gasteiger partial charge in [0.15, 0.2) is 0 Å². The van der Waals surface area contributed by atoms with E-state index in [0.29, 0.717) is 0 Å². The molecule has 1 atom stereocenters. The second kappa shape index (κ2) is 5.37. The summed E-state index contributed by atoms with van der Waals surface area (Å²) in [5, 5.41) is 2.44. The molecule has 0 amide bonds. The van der Waals surface area contributed by atoms with Gasteiger partial charge in [-0.15, -0.1) is 11.3 Å². The highest BCUT2D eigenvalue weighted by atomic mass is 79.9. The summed E-state index contributed by atoms with van der Waals surface area (Å²) in [5.74, 6) is 0. The van der Waals surface area contributed by atoms with E-state index in [4.69, 9.17) is 5.73 Å². The first-order valence-corrected chi connectivity index (χ1v) is 8.25. The zero-order chi connectivity index (χ0) is 13.4. The fourth-order valence-corrected chi connectivity index (χ4v) is 5.18. The Balaban J connectivity index is 2.16. The molecule has 0 aliphatic rings. The number of rotatable bonds is 2. The Hall–Kier alpha value is -0.680. The molecule has 1 heterocycles. The Kier molecular flexibility index (Phi) is 3.76. The van der Waals surface area contributed by atoms with Crippen molar-refractivity contribution in [3.05, 3.63) is 67.2 Å². The van der Waals surface area contributed by atoms with Crippen LogP contribution in [0.5, 0.6) is 0 Å². The van der Waals surface area contributed by atoms with Gasteiger partial charge < -0.3 is 5.73 Å². The monoisotopic (exact) mass is 395 g/mol. The summed E-state index contributed by atoms with van der Waals surface area (Å²) in [6.45, 7) is 0. The van der Waals surface area contributed by atoms with Crippen LogP contribution in [0.3, 0.4) is 0 Å². The van der Waals surface area contributed by atoms with Crippen LogP contribution in [0.2, 0.25) is 0 Å². The Labute approximate surface area is 132 Å². The van der Waals surface area contributed by atoms with Gasteiger partial charge >= 0.3 is 0 Å². The first-order valence-electron chi connectivity index (χ1n) is 5.85. The first kappa shape index (κ1) is 13.3. The summed E-state index contributed by atoms with van der Waals surface area (Å²) in [7, 11) is 0. The van der Waals surface area contributed by atoms with Gasteiger partial charge in [-0.1, -0.05) is 42.5 Å². The second-order valence-electron chi connectivity index (χ2n) is 4.33. The predicted molar refractivity (Wildman–Crippen MR) is 89.7 cm³/mol. The zero-order valence-electron chi connectivity index (χ0n) is 9.94. The molecule has 0 aliphatic carbocycles. The molecule has 0 bridgehead atoms. The normalized spacial score (nSPS) is 12.8. The Morgan fingerprint density at radius 1 is 0.947 bits per heavy atom. The molecule has 0 fully saturated rings. The smallest absolute Gasteiger partial charge is 0.0761 e. The lowest BCUT2D eigenvalue weighted by molar-refractivity contribution is 0.881. The van der Waals surface area contributed by atoms with Crippen LogP contribution < -0.4 is 5.73 Å². The topological polar surface area (TPSA) is 26.0 Å². The maximum Gasteiger partial charge on any atom is 0.0761 e. The number of thiophene rings is 1. The van der Waals surface area contributed by atoms with Gasteiger partial charge in [0.2, 0.25) is 0 Å². The highest BCUT2D eigenvalue weighted by Gasteiger charge is 2.17. The molecule has 3 rings (SSSR count). The number of benzene rings is 2. The fraction of sp³-hybridized carbons (Fsp3) is 0.0667. The molecule has 1 unspecified atom stereocenters. The third-order valence-corrected chi connectivity index (χ3v) is 5.56. The third kappa shape index (κ3) is 2.50. The van der Waals surface area contributed by atoms with E-state index in [1.54, 1.807) is 11.3 Å². The summed E-state index contributed by atoms with van der Waals surface area (Å²) >= 11 is 8.75. The van der Waals surface area contributed by atoms with Gasteiger partial charge in [-0.05, 0) is 59.8 Å². The van der Waals surface area contributed by atoms with Crippen molar-refractivity contribution < 1.29 is 0 Å². The number of nitrogens with two attached hydrogens (primary N) is 1. The van der Waals surface area contributed by atoms with Crippen molar-refractivity contribution >= 4 is 54.0 Å². The molecule has 96 valence electrons. The molecule has 2 N–H and O–H groups in total. The molecule has 3 aromatic rings. The summed E-state index contributed by atoms with van der Waals surface area (Å²) in [6, 6.07) is 16.6. The summed E-state index contributed by atoms with van der Waals surface area (Å²) in [4.78, 5) is 0. The van der Waals surface area contributed by atoms with Crippen LogP contribution in [0.1, 0.15) is 17.2 Å². The van der Waals surface area contributed by atoms with Crippen molar-refractivity contribution in [1.82, 2.24) is 0 Å². The minimum absolute atomic E-state index is 0.122. The molecular weight excluding hydrogens is 386 g/mol. The zero-order valence-corrected chi connectivity index (χ0v) is 13.9. The van der Waals surface area contributed by atoms with E-state index < -0.39 is 0 Å². The van der Waals surface area contributed by atoms with Gasteiger partial charge in [0.25, 0.3) is 0 Å². The highest BCUT2D eigenvalue weighted by molar-refractivity contribution is 9.12. The van der Waals surface area contributed by atoms with Crippen LogP contribution >= 0.6 is 43.2 Å². The highest BCUT2D eigenvalue weighted by Crippen LogP contribution is 2.38. The number of halogens is 2. The minimum Gasteiger partial charge on any atom is -0.320 e. The number of hydrogen-bond donors (Lipinski definition) is 1. The van der Waals surface area contributed by atoms with E-state index in [2.05, 4.69) is 80.4 Å². The van der Waals surface area contributed by atoms with Gasteiger partial charge in [0.1, 0.15) is 0 Å². The van der Waals surface area contributed by atoms with Crippen molar-refractivity contribution in [2.75, 3.05) is 0 Å². The third-order valence-electron chi connectivity index (χ3n) is 3.18. The lowest BCUT2D eigenvalue weighted by Crippen LogP contribution is -2.11. The van der Waals surface area contributed by atoms with Crippen molar-refractivity contribution in [2.45, 2.75) is 6.04 Å². The van der Waals surface area contributed by atoms with Crippen LogP contribution in [0, 0.1) is 0 Å². The van der Waals surface area contributed by atoms with Crippen molar-refractivity contribution in [3.8, 4) is 0 Å². The van der Waals surface area contributed by atoms with E-state index in [9.17, 15) is 0 Å². The molecule has 4 heteroatoms. The Bertz CT molecular complexity index is 731. The number of fused-ring (bicyclic) bond motifs is 1. The molecule has 1 nitrogen and oxygen atoms in total. The molecule has 1 aromatic heterocycles. The van der Waals surface area contributed by atoms with Gasteiger partial charge in [-0.3, -0.25) is 0 Å². The van der Waals surface area contributed by atoms with E-state index in [1.807, 2.05) is 0 Å². The molecule has 2 aromatic carbocycles. The van der Waals surface area contributed by atoms with Crippen LogP contribution in [0.15, 0.2) is 56.1 Å². The lowest BCUT2D eigenvalue weighted by atomic mass is 9.96. The lowest BCUT2D eigenvalue weighted by Gasteiger charge is -2.14. The van der Waals surface area contributed by atoms with E-state index in [0.717, 1.165) is 18.7 Å². The number of hydrogen-bond acceptors (Lipinski definition) is 2. The Morgan fingerprint density at radius 3 is 2.42 bits per heavy atom. The summed E-state index contributed by atoms with van der Waals surface area (Å²) < 4.78 is 2.17. The standard InChI is InChI=1S/C15H11Br2NS/c16-13-8-12(15(17)19-13)14(18)11-7-3-5-9-4-1-2-6-10(9)11/h1-8,14H,18H2. The van der Waals surface area contributed by atoms with Gasteiger partial charge in [-0.25, -0.2) is 0 Å². The van der Waals surface area contributed by atoms with E-state index >= 15 is 0 Å². The maximum atomic E-state index is 6.45. The Morgan fingerprint density at radius 2 is 1.68 bits per heavy atom. The van der Waals surface area contributed by atoms with Crippen molar-refractivity contribution in [1.29, 1.82) is 0 Å². The van der Waals surface area contributed by atoms with Crippen LogP contribution in [-0.4, -0.2) is 0 Å². The van der Waals surface area contributed by atoms with Gasteiger partial charge in [0.05, 0.1) is 13.6 Å². The quantitative estimate of drug-likeness (QED) is 0.610. The molecule has 0 spiro atoms. The molecule has 0 radical (unpaired) electrons. The summed E-state index contributed by atoms with van der Waals surface area (Å²) in [5.41, 5.74) is 8.73. The molecule has 19 heavy (non-hydrogen) atoms.